The number of hydrogen-bond donors (Lipinski definition) is 1. The second-order valence-electron chi connectivity index (χ2n) is 1.51. The van der Waals surface area contributed by atoms with Gasteiger partial charge in [0.05, 0.1) is 0 Å². The van der Waals surface area contributed by atoms with Gasteiger partial charge in [-0.25, -0.2) is 0 Å². The van der Waals surface area contributed by atoms with Crippen molar-refractivity contribution >= 4 is 19.3 Å². The molecule has 0 N–H and O–H groups in total. The van der Waals surface area contributed by atoms with Crippen molar-refractivity contribution < 1.29 is 4.57 Å². The lowest BCUT2D eigenvalue weighted by atomic mass is 10.3. The van der Waals surface area contributed by atoms with Crippen LogP contribution in [-0.2, 0) is 4.57 Å². The first-order valence-corrected chi connectivity index (χ1v) is 5.11. The van der Waals surface area contributed by atoms with Gasteiger partial charge in [-0.05, 0) is 12.8 Å². The molecule has 0 aliphatic heterocycles. The second-order valence-corrected chi connectivity index (χ2v) is 4.00. The van der Waals surface area contributed by atoms with Gasteiger partial charge in [0.2, 0.25) is 0 Å². The van der Waals surface area contributed by atoms with Crippen molar-refractivity contribution in [3.8, 4) is 0 Å². The molecule has 0 saturated heterocycles. The van der Waals surface area contributed by atoms with Gasteiger partial charge in [0, 0.05) is 0 Å². The Morgan fingerprint density at radius 2 is 2.38 bits per heavy atom. The van der Waals surface area contributed by atoms with Crippen LogP contribution in [-0.4, -0.2) is 6.16 Å². The molecule has 0 heterocycles. The van der Waals surface area contributed by atoms with Gasteiger partial charge in [-0.2, -0.15) is 0 Å². The van der Waals surface area contributed by atoms with Crippen molar-refractivity contribution in [3.05, 3.63) is 12.7 Å². The Bertz CT molecular complexity index is 92.4. The van der Waals surface area contributed by atoms with Crippen molar-refractivity contribution in [2.75, 3.05) is 6.16 Å². The molecule has 0 spiro atoms. The quantitative estimate of drug-likeness (QED) is 0.281. The summed E-state index contributed by atoms with van der Waals surface area (Å²) in [6.45, 7) is 3.54. The third-order valence-electron chi connectivity index (χ3n) is 0.758. The Kier molecular flexibility index (Phi) is 5.46. The van der Waals surface area contributed by atoms with Gasteiger partial charge in [0.25, 0.3) is 0 Å². The summed E-state index contributed by atoms with van der Waals surface area (Å²) >= 11 is 3.75. The molecule has 46 valence electrons. The first-order chi connectivity index (χ1) is 3.77. The van der Waals surface area contributed by atoms with Crippen LogP contribution in [0.25, 0.3) is 0 Å². The predicted molar refractivity (Wildman–Crippen MR) is 40.9 cm³/mol. The van der Waals surface area contributed by atoms with Crippen LogP contribution in [0.5, 0.6) is 0 Å². The molecule has 0 bridgehead atoms. The smallest absolute Gasteiger partial charge is 0.103 e. The van der Waals surface area contributed by atoms with Gasteiger partial charge < -0.3 is 0 Å². The highest BCUT2D eigenvalue weighted by atomic mass is 32.7. The Labute approximate surface area is 56.1 Å². The van der Waals surface area contributed by atoms with Crippen LogP contribution < -0.4 is 0 Å². The van der Waals surface area contributed by atoms with Crippen LogP contribution in [0.1, 0.15) is 12.8 Å². The first kappa shape index (κ1) is 8.19. The van der Waals surface area contributed by atoms with Gasteiger partial charge in [0.1, 0.15) is 12.2 Å². The average molecular weight is 149 g/mol. The lowest BCUT2D eigenvalue weighted by molar-refractivity contribution is 0.595. The van der Waals surface area contributed by atoms with E-state index >= 15 is 0 Å². The normalized spacial score (nSPS) is 10.9. The molecule has 0 fully saturated rings. The molecular weight excluding hydrogens is 139 g/mol. The van der Waals surface area contributed by atoms with E-state index in [-0.39, 0.29) is 0 Å². The number of hydrogen-bond acceptors (Lipinski definition) is 1. The fourth-order valence-electron chi connectivity index (χ4n) is 0.371. The molecule has 0 radical (unpaired) electrons. The molecule has 0 saturated carbocycles. The molecule has 0 aliphatic carbocycles. The van der Waals surface area contributed by atoms with Crippen LogP contribution in [0.4, 0.5) is 0 Å². The summed E-state index contributed by atoms with van der Waals surface area (Å²) < 4.78 is 10.3. The summed E-state index contributed by atoms with van der Waals surface area (Å²) in [4.78, 5) is 0. The molecule has 0 aliphatic rings. The lowest BCUT2D eigenvalue weighted by Gasteiger charge is -1.79. The van der Waals surface area contributed by atoms with Gasteiger partial charge >= 0.3 is 7.00 Å². The van der Waals surface area contributed by atoms with Gasteiger partial charge in [-0.1, -0.05) is 10.6 Å². The lowest BCUT2D eigenvalue weighted by Crippen LogP contribution is -1.71. The van der Waals surface area contributed by atoms with Crippen molar-refractivity contribution in [1.82, 2.24) is 0 Å². The Balaban J connectivity index is 2.93. The standard InChI is InChI=1S/C5H9OPS/c1-2-3-4-5-7(6)8/h2H,1,3-5H2/p+1. The van der Waals surface area contributed by atoms with Crippen LogP contribution in [0.15, 0.2) is 12.7 Å². The fraction of sp³-hybridized carbons (Fsp3) is 0.600. The van der Waals surface area contributed by atoms with Crippen molar-refractivity contribution in [1.29, 1.82) is 0 Å². The van der Waals surface area contributed by atoms with E-state index in [0.717, 1.165) is 12.8 Å². The predicted octanol–water partition coefficient (Wildman–Crippen LogP) is 2.62. The van der Waals surface area contributed by atoms with Crippen molar-refractivity contribution in [2.24, 2.45) is 0 Å². The zero-order chi connectivity index (χ0) is 6.41. The summed E-state index contributed by atoms with van der Waals surface area (Å²) in [6, 6.07) is 0. The van der Waals surface area contributed by atoms with E-state index in [1.165, 1.54) is 0 Å². The third-order valence-corrected chi connectivity index (χ3v) is 2.06. The van der Waals surface area contributed by atoms with E-state index < -0.39 is 7.00 Å². The minimum atomic E-state index is -1.22. The van der Waals surface area contributed by atoms with E-state index in [0.29, 0.717) is 6.16 Å². The van der Waals surface area contributed by atoms with Crippen LogP contribution in [0.3, 0.4) is 0 Å². The zero-order valence-corrected chi connectivity index (χ0v) is 6.50. The number of unbranched alkanes of at least 4 members (excludes halogenated alkanes) is 1. The van der Waals surface area contributed by atoms with E-state index in [9.17, 15) is 4.57 Å². The van der Waals surface area contributed by atoms with Crippen LogP contribution in [0, 0.1) is 0 Å². The molecule has 1 atom stereocenters. The topological polar surface area (TPSA) is 17.1 Å². The highest BCUT2D eigenvalue weighted by Gasteiger charge is 2.04. The minimum absolute atomic E-state index is 0.713. The minimum Gasteiger partial charge on any atom is -0.103 e. The number of thiol groups is 1. The van der Waals surface area contributed by atoms with E-state index in [4.69, 9.17) is 0 Å². The summed E-state index contributed by atoms with van der Waals surface area (Å²) in [7, 11) is -1.22. The maximum atomic E-state index is 10.3. The SMILES string of the molecule is C=CCCC[P+](=O)S. The highest BCUT2D eigenvalue weighted by Crippen LogP contribution is 2.26. The van der Waals surface area contributed by atoms with E-state index in [1.807, 2.05) is 6.08 Å². The molecule has 0 amide bonds. The molecule has 1 unspecified atom stereocenters. The highest BCUT2D eigenvalue weighted by molar-refractivity contribution is 8.40. The molecule has 8 heavy (non-hydrogen) atoms. The average Bonchev–Trinajstić information content (AvgIpc) is 1.66. The molecule has 0 aromatic heterocycles. The van der Waals surface area contributed by atoms with E-state index in [1.54, 1.807) is 0 Å². The summed E-state index contributed by atoms with van der Waals surface area (Å²) in [5, 5.41) is 0. The van der Waals surface area contributed by atoms with Gasteiger partial charge in [-0.3, -0.25) is 0 Å². The fourth-order valence-corrected chi connectivity index (χ4v) is 1.25. The van der Waals surface area contributed by atoms with Crippen LogP contribution in [0.2, 0.25) is 0 Å². The Morgan fingerprint density at radius 1 is 1.75 bits per heavy atom. The summed E-state index contributed by atoms with van der Waals surface area (Å²) in [5.74, 6) is 0. The monoisotopic (exact) mass is 149 g/mol. The Hall–Kier alpha value is 0.190. The molecular formula is C5H10OPS+. The molecule has 1 nitrogen and oxygen atoms in total. The molecule has 0 rings (SSSR count). The molecule has 0 aromatic carbocycles. The first-order valence-electron chi connectivity index (χ1n) is 2.52. The summed E-state index contributed by atoms with van der Waals surface area (Å²) in [6.07, 6.45) is 4.43. The van der Waals surface area contributed by atoms with Gasteiger partial charge in [0.15, 0.2) is 6.16 Å². The summed E-state index contributed by atoms with van der Waals surface area (Å²) in [5.41, 5.74) is 0. The van der Waals surface area contributed by atoms with Crippen LogP contribution >= 0.6 is 19.3 Å². The maximum Gasteiger partial charge on any atom is 0.407 e. The maximum absolute atomic E-state index is 10.3. The largest absolute Gasteiger partial charge is 0.407 e. The molecule has 0 aromatic rings. The zero-order valence-electron chi connectivity index (χ0n) is 4.71. The third kappa shape index (κ3) is 6.19. The molecule has 3 heteroatoms. The Morgan fingerprint density at radius 3 is 2.75 bits per heavy atom. The van der Waals surface area contributed by atoms with Gasteiger partial charge in [-0.15, -0.1) is 6.58 Å². The number of allylic oxidation sites excluding steroid dienone is 1. The second kappa shape index (κ2) is 5.33. The van der Waals surface area contributed by atoms with E-state index in [2.05, 4.69) is 18.8 Å². The van der Waals surface area contributed by atoms with Crippen molar-refractivity contribution in [3.63, 3.8) is 0 Å². The number of rotatable bonds is 4. The van der Waals surface area contributed by atoms with Crippen molar-refractivity contribution in [2.45, 2.75) is 12.8 Å².